The molecule has 1 heterocycles. The Hall–Kier alpha value is -0.540. The topological polar surface area (TPSA) is 22.1 Å². The Kier molecular flexibility index (Phi) is 4.80. The van der Waals surface area contributed by atoms with Crippen LogP contribution in [-0.4, -0.2) is 24.5 Å². The van der Waals surface area contributed by atoms with E-state index in [2.05, 4.69) is 4.98 Å². The molecule has 0 amide bonds. The maximum Gasteiger partial charge on any atom is 0.0470 e. The number of ether oxygens (including phenoxy) is 1. The molecule has 3 heteroatoms. The Labute approximate surface area is 77.3 Å². The Morgan fingerprint density at radius 1 is 1.42 bits per heavy atom. The number of hydrogen-bond acceptors (Lipinski definition) is 3. The highest BCUT2D eigenvalue weighted by Crippen LogP contribution is 2.16. The predicted octanol–water partition coefficient (Wildman–Crippen LogP) is 2.21. The molecule has 0 aliphatic heterocycles. The first-order chi connectivity index (χ1) is 5.93. The quantitative estimate of drug-likeness (QED) is 0.516. The van der Waals surface area contributed by atoms with Crippen molar-refractivity contribution >= 4 is 11.8 Å². The molecule has 0 bridgehead atoms. The van der Waals surface area contributed by atoms with Crippen LogP contribution in [0.4, 0.5) is 0 Å². The van der Waals surface area contributed by atoms with E-state index in [9.17, 15) is 0 Å². The van der Waals surface area contributed by atoms with Crippen LogP contribution in [0.1, 0.15) is 6.42 Å². The first kappa shape index (κ1) is 9.55. The highest BCUT2D eigenvalue weighted by atomic mass is 32.2. The molecule has 0 aliphatic rings. The van der Waals surface area contributed by atoms with Crippen LogP contribution in [0.25, 0.3) is 0 Å². The zero-order valence-corrected chi connectivity index (χ0v) is 8.01. The van der Waals surface area contributed by atoms with Crippen molar-refractivity contribution in [2.45, 2.75) is 11.3 Å². The smallest absolute Gasteiger partial charge is 0.0470 e. The minimum atomic E-state index is 0.845. The highest BCUT2D eigenvalue weighted by molar-refractivity contribution is 7.99. The van der Waals surface area contributed by atoms with Crippen LogP contribution in [0.5, 0.6) is 0 Å². The van der Waals surface area contributed by atoms with E-state index in [0.717, 1.165) is 18.8 Å². The molecule has 1 aromatic rings. The standard InChI is InChI=1S/C9H13NOS/c1-11-7-2-8-12-9-3-5-10-6-4-9/h3-6H,2,7-8H2,1H3. The van der Waals surface area contributed by atoms with Gasteiger partial charge in [0, 0.05) is 36.8 Å². The molecule has 0 atom stereocenters. The van der Waals surface area contributed by atoms with Gasteiger partial charge < -0.3 is 4.74 Å². The van der Waals surface area contributed by atoms with Crippen LogP contribution < -0.4 is 0 Å². The molecule has 0 aromatic carbocycles. The number of hydrogen-bond donors (Lipinski definition) is 0. The van der Waals surface area contributed by atoms with Crippen molar-refractivity contribution in [2.75, 3.05) is 19.5 Å². The van der Waals surface area contributed by atoms with Crippen molar-refractivity contribution < 1.29 is 4.74 Å². The predicted molar refractivity (Wildman–Crippen MR) is 51.5 cm³/mol. The Bertz CT molecular complexity index is 203. The Balaban J connectivity index is 2.16. The average Bonchev–Trinajstić information content (AvgIpc) is 2.14. The van der Waals surface area contributed by atoms with Gasteiger partial charge in [0.15, 0.2) is 0 Å². The lowest BCUT2D eigenvalue weighted by atomic mass is 10.5. The first-order valence-electron chi connectivity index (χ1n) is 3.95. The van der Waals surface area contributed by atoms with E-state index in [1.807, 2.05) is 36.3 Å². The summed E-state index contributed by atoms with van der Waals surface area (Å²) in [7, 11) is 1.73. The third kappa shape index (κ3) is 3.74. The summed E-state index contributed by atoms with van der Waals surface area (Å²) in [5.74, 6) is 1.11. The number of rotatable bonds is 5. The van der Waals surface area contributed by atoms with Crippen LogP contribution in [-0.2, 0) is 4.74 Å². The fourth-order valence-corrected chi connectivity index (χ4v) is 1.64. The molecule has 0 saturated carbocycles. The molecule has 1 rings (SSSR count). The molecule has 0 fully saturated rings. The summed E-state index contributed by atoms with van der Waals surface area (Å²) < 4.78 is 4.95. The minimum Gasteiger partial charge on any atom is -0.385 e. The number of nitrogens with zero attached hydrogens (tertiary/aromatic N) is 1. The summed E-state index contributed by atoms with van der Waals surface area (Å²) in [6.07, 6.45) is 4.74. The zero-order chi connectivity index (χ0) is 8.65. The normalized spacial score (nSPS) is 10.1. The number of methoxy groups -OCH3 is 1. The third-order valence-electron chi connectivity index (χ3n) is 1.41. The van der Waals surface area contributed by atoms with Gasteiger partial charge in [-0.15, -0.1) is 11.8 Å². The van der Waals surface area contributed by atoms with Gasteiger partial charge >= 0.3 is 0 Å². The first-order valence-corrected chi connectivity index (χ1v) is 4.94. The van der Waals surface area contributed by atoms with Crippen LogP contribution in [0.3, 0.4) is 0 Å². The van der Waals surface area contributed by atoms with Gasteiger partial charge in [-0.1, -0.05) is 0 Å². The summed E-state index contributed by atoms with van der Waals surface area (Å²) in [6.45, 7) is 0.845. The lowest BCUT2D eigenvalue weighted by Gasteiger charge is -1.99. The lowest BCUT2D eigenvalue weighted by molar-refractivity contribution is 0.200. The third-order valence-corrected chi connectivity index (χ3v) is 2.51. The molecule has 12 heavy (non-hydrogen) atoms. The van der Waals surface area contributed by atoms with Crippen molar-refractivity contribution in [1.82, 2.24) is 4.98 Å². The molecule has 0 N–H and O–H groups in total. The second-order valence-electron chi connectivity index (χ2n) is 2.38. The second-order valence-corrected chi connectivity index (χ2v) is 3.55. The van der Waals surface area contributed by atoms with Gasteiger partial charge in [-0.3, -0.25) is 4.98 Å². The molecular formula is C9H13NOS. The summed E-state index contributed by atoms with van der Waals surface area (Å²) in [4.78, 5) is 5.23. The van der Waals surface area contributed by atoms with E-state index < -0.39 is 0 Å². The molecule has 0 spiro atoms. The molecule has 2 nitrogen and oxygen atoms in total. The van der Waals surface area contributed by atoms with Gasteiger partial charge in [0.25, 0.3) is 0 Å². The number of pyridine rings is 1. The van der Waals surface area contributed by atoms with Crippen molar-refractivity contribution in [3.8, 4) is 0 Å². The van der Waals surface area contributed by atoms with Crippen molar-refractivity contribution in [3.63, 3.8) is 0 Å². The van der Waals surface area contributed by atoms with E-state index >= 15 is 0 Å². The van der Waals surface area contributed by atoms with E-state index in [1.165, 1.54) is 4.90 Å². The summed E-state index contributed by atoms with van der Waals surface area (Å²) in [5, 5.41) is 0. The van der Waals surface area contributed by atoms with Crippen molar-refractivity contribution in [1.29, 1.82) is 0 Å². The van der Waals surface area contributed by atoms with E-state index in [-0.39, 0.29) is 0 Å². The largest absolute Gasteiger partial charge is 0.385 e. The van der Waals surface area contributed by atoms with E-state index in [4.69, 9.17) is 4.74 Å². The molecule has 0 unspecified atom stereocenters. The van der Waals surface area contributed by atoms with Gasteiger partial charge in [0.2, 0.25) is 0 Å². The maximum atomic E-state index is 4.95. The van der Waals surface area contributed by atoms with Crippen LogP contribution in [0.2, 0.25) is 0 Å². The second kappa shape index (κ2) is 6.03. The molecule has 1 aromatic heterocycles. The minimum absolute atomic E-state index is 0.845. The van der Waals surface area contributed by atoms with E-state index in [1.54, 1.807) is 7.11 Å². The maximum absolute atomic E-state index is 4.95. The summed E-state index contributed by atoms with van der Waals surface area (Å²) in [5.41, 5.74) is 0. The van der Waals surface area contributed by atoms with Crippen molar-refractivity contribution in [2.24, 2.45) is 0 Å². The molecule has 66 valence electrons. The zero-order valence-electron chi connectivity index (χ0n) is 7.19. The van der Waals surface area contributed by atoms with Gasteiger partial charge in [-0.25, -0.2) is 0 Å². The van der Waals surface area contributed by atoms with Gasteiger partial charge in [-0.2, -0.15) is 0 Å². The van der Waals surface area contributed by atoms with Crippen LogP contribution in [0.15, 0.2) is 29.4 Å². The summed E-state index contributed by atoms with van der Waals surface area (Å²) in [6, 6.07) is 4.05. The molecule has 0 saturated heterocycles. The SMILES string of the molecule is COCCCSc1ccncc1. The fourth-order valence-electron chi connectivity index (χ4n) is 0.828. The van der Waals surface area contributed by atoms with Crippen LogP contribution >= 0.6 is 11.8 Å². The highest BCUT2D eigenvalue weighted by Gasteiger charge is 1.91. The monoisotopic (exact) mass is 183 g/mol. The summed E-state index contributed by atoms with van der Waals surface area (Å²) >= 11 is 1.84. The van der Waals surface area contributed by atoms with Gasteiger partial charge in [0.1, 0.15) is 0 Å². The van der Waals surface area contributed by atoms with E-state index in [0.29, 0.717) is 0 Å². The lowest BCUT2D eigenvalue weighted by Crippen LogP contribution is -1.89. The van der Waals surface area contributed by atoms with Crippen molar-refractivity contribution in [3.05, 3.63) is 24.5 Å². The number of thioether (sulfide) groups is 1. The Morgan fingerprint density at radius 3 is 2.83 bits per heavy atom. The average molecular weight is 183 g/mol. The molecule has 0 radical (unpaired) electrons. The number of aromatic nitrogens is 1. The van der Waals surface area contributed by atoms with Gasteiger partial charge in [0.05, 0.1) is 0 Å². The Morgan fingerprint density at radius 2 is 2.17 bits per heavy atom. The van der Waals surface area contributed by atoms with Gasteiger partial charge in [-0.05, 0) is 18.6 Å². The molecule has 0 aliphatic carbocycles. The van der Waals surface area contributed by atoms with Crippen LogP contribution in [0, 0.1) is 0 Å². The molecular weight excluding hydrogens is 170 g/mol. The fraction of sp³-hybridized carbons (Fsp3) is 0.444.